The lowest BCUT2D eigenvalue weighted by Crippen LogP contribution is -2.02. The number of benzene rings is 1. The number of aromatic nitrogens is 3. The molecule has 2 heterocycles. The molecule has 0 fully saturated rings. The Hall–Kier alpha value is -2.20. The van der Waals surface area contributed by atoms with Crippen LogP contribution in [0.2, 0.25) is 0 Å². The van der Waals surface area contributed by atoms with Gasteiger partial charge in [-0.1, -0.05) is 18.2 Å². The highest BCUT2D eigenvalue weighted by molar-refractivity contribution is 5.80. The van der Waals surface area contributed by atoms with Crippen molar-refractivity contribution < 1.29 is 0 Å². The maximum absolute atomic E-state index is 5.59. The normalized spacial score (nSPS) is 10.9. The first-order valence-electron chi connectivity index (χ1n) is 5.46. The number of nitrogens with zero attached hydrogens (tertiary/aromatic N) is 3. The average molecular weight is 224 g/mol. The third-order valence-electron chi connectivity index (χ3n) is 2.73. The van der Waals surface area contributed by atoms with Crippen molar-refractivity contribution in [1.82, 2.24) is 14.8 Å². The van der Waals surface area contributed by atoms with Crippen LogP contribution in [0.4, 0.5) is 0 Å². The molecule has 0 aliphatic heterocycles. The first-order valence-corrected chi connectivity index (χ1v) is 5.46. The fourth-order valence-electron chi connectivity index (χ4n) is 1.89. The van der Waals surface area contributed by atoms with Gasteiger partial charge in [0.2, 0.25) is 0 Å². The lowest BCUT2D eigenvalue weighted by atomic mass is 10.2. The van der Waals surface area contributed by atoms with E-state index < -0.39 is 0 Å². The minimum absolute atomic E-state index is 0.438. The van der Waals surface area contributed by atoms with Gasteiger partial charge in [-0.2, -0.15) is 5.10 Å². The number of pyridine rings is 1. The lowest BCUT2D eigenvalue weighted by molar-refractivity contribution is 0.893. The second-order valence-corrected chi connectivity index (χ2v) is 3.82. The molecule has 84 valence electrons. The smallest absolute Gasteiger partial charge is 0.0741 e. The van der Waals surface area contributed by atoms with Gasteiger partial charge in [-0.05, 0) is 18.2 Å². The van der Waals surface area contributed by atoms with Crippen LogP contribution in [0.1, 0.15) is 5.69 Å². The van der Waals surface area contributed by atoms with E-state index in [0.717, 1.165) is 22.3 Å². The zero-order chi connectivity index (χ0) is 11.7. The Morgan fingerprint density at radius 1 is 1.18 bits per heavy atom. The van der Waals surface area contributed by atoms with Crippen LogP contribution in [0.5, 0.6) is 0 Å². The molecule has 17 heavy (non-hydrogen) atoms. The van der Waals surface area contributed by atoms with E-state index in [1.165, 1.54) is 0 Å². The highest BCUT2D eigenvalue weighted by Gasteiger charge is 2.04. The van der Waals surface area contributed by atoms with Crippen LogP contribution >= 0.6 is 0 Å². The molecule has 2 aromatic heterocycles. The number of para-hydroxylation sites is 1. The van der Waals surface area contributed by atoms with Crippen molar-refractivity contribution in [2.45, 2.75) is 6.54 Å². The quantitative estimate of drug-likeness (QED) is 0.723. The van der Waals surface area contributed by atoms with E-state index in [1.807, 2.05) is 47.3 Å². The third kappa shape index (κ3) is 1.68. The zero-order valence-corrected chi connectivity index (χ0v) is 9.24. The number of nitrogens with two attached hydrogens (primary N) is 1. The van der Waals surface area contributed by atoms with Crippen molar-refractivity contribution in [1.29, 1.82) is 0 Å². The number of hydrogen-bond acceptors (Lipinski definition) is 3. The Morgan fingerprint density at radius 2 is 2.06 bits per heavy atom. The molecule has 0 bridgehead atoms. The Kier molecular flexibility index (Phi) is 2.34. The van der Waals surface area contributed by atoms with Gasteiger partial charge < -0.3 is 5.73 Å². The van der Waals surface area contributed by atoms with Gasteiger partial charge in [0.05, 0.1) is 23.1 Å². The summed E-state index contributed by atoms with van der Waals surface area (Å²) in [6.07, 6.45) is 3.62. The van der Waals surface area contributed by atoms with Gasteiger partial charge in [0.1, 0.15) is 0 Å². The van der Waals surface area contributed by atoms with Gasteiger partial charge in [-0.3, -0.25) is 4.98 Å². The number of hydrogen-bond donors (Lipinski definition) is 1. The monoisotopic (exact) mass is 224 g/mol. The molecule has 0 radical (unpaired) electrons. The fourth-order valence-corrected chi connectivity index (χ4v) is 1.89. The molecule has 3 aromatic rings. The first-order chi connectivity index (χ1) is 8.38. The van der Waals surface area contributed by atoms with Gasteiger partial charge in [-0.25, -0.2) is 4.68 Å². The summed E-state index contributed by atoms with van der Waals surface area (Å²) in [6, 6.07) is 12.0. The molecule has 0 saturated heterocycles. The largest absolute Gasteiger partial charge is 0.325 e. The van der Waals surface area contributed by atoms with Gasteiger partial charge in [-0.15, -0.1) is 0 Å². The van der Waals surface area contributed by atoms with Crippen molar-refractivity contribution in [3.8, 4) is 5.69 Å². The minimum Gasteiger partial charge on any atom is -0.325 e. The van der Waals surface area contributed by atoms with Crippen LogP contribution in [0.3, 0.4) is 0 Å². The maximum atomic E-state index is 5.59. The van der Waals surface area contributed by atoms with Gasteiger partial charge in [0, 0.05) is 18.1 Å². The average Bonchev–Trinajstić information content (AvgIpc) is 2.82. The van der Waals surface area contributed by atoms with Crippen LogP contribution in [-0.2, 0) is 6.54 Å². The molecule has 0 aliphatic carbocycles. The fraction of sp³-hybridized carbons (Fsp3) is 0.0769. The van der Waals surface area contributed by atoms with Crippen molar-refractivity contribution in [2.75, 3.05) is 0 Å². The van der Waals surface area contributed by atoms with Gasteiger partial charge in [0.15, 0.2) is 0 Å². The summed E-state index contributed by atoms with van der Waals surface area (Å²) in [5.41, 5.74) is 8.53. The molecule has 2 N–H and O–H groups in total. The molecule has 4 nitrogen and oxygen atoms in total. The van der Waals surface area contributed by atoms with Crippen LogP contribution in [0.15, 0.2) is 48.8 Å². The maximum Gasteiger partial charge on any atom is 0.0741 e. The molecule has 0 amide bonds. The minimum atomic E-state index is 0.438. The summed E-state index contributed by atoms with van der Waals surface area (Å²) in [4.78, 5) is 4.18. The molecule has 4 heteroatoms. The summed E-state index contributed by atoms with van der Waals surface area (Å²) in [6.45, 7) is 0.438. The third-order valence-corrected chi connectivity index (χ3v) is 2.73. The zero-order valence-electron chi connectivity index (χ0n) is 9.24. The molecule has 0 aliphatic rings. The van der Waals surface area contributed by atoms with Crippen molar-refractivity contribution in [3.05, 3.63) is 54.5 Å². The van der Waals surface area contributed by atoms with Crippen molar-refractivity contribution >= 4 is 10.9 Å². The van der Waals surface area contributed by atoms with Crippen LogP contribution in [-0.4, -0.2) is 14.8 Å². The van der Waals surface area contributed by atoms with Crippen LogP contribution < -0.4 is 5.73 Å². The molecule has 0 unspecified atom stereocenters. The Morgan fingerprint density at radius 3 is 2.94 bits per heavy atom. The highest BCUT2D eigenvalue weighted by Crippen LogP contribution is 2.17. The lowest BCUT2D eigenvalue weighted by Gasteiger charge is -2.04. The summed E-state index contributed by atoms with van der Waals surface area (Å²) in [7, 11) is 0. The molecule has 0 saturated carbocycles. The second kappa shape index (κ2) is 3.99. The summed E-state index contributed by atoms with van der Waals surface area (Å²) >= 11 is 0. The van der Waals surface area contributed by atoms with E-state index in [4.69, 9.17) is 5.73 Å². The second-order valence-electron chi connectivity index (χ2n) is 3.82. The summed E-state index contributed by atoms with van der Waals surface area (Å²) in [5, 5.41) is 5.51. The van der Waals surface area contributed by atoms with E-state index >= 15 is 0 Å². The van der Waals surface area contributed by atoms with E-state index in [9.17, 15) is 0 Å². The van der Waals surface area contributed by atoms with Gasteiger partial charge >= 0.3 is 0 Å². The Balaban J connectivity index is 2.20. The molecular weight excluding hydrogens is 212 g/mol. The molecule has 0 atom stereocenters. The predicted molar refractivity (Wildman–Crippen MR) is 66.8 cm³/mol. The Labute approximate surface area is 98.7 Å². The molecule has 3 rings (SSSR count). The van der Waals surface area contributed by atoms with Crippen LogP contribution in [0.25, 0.3) is 16.6 Å². The topological polar surface area (TPSA) is 56.7 Å². The number of rotatable bonds is 2. The van der Waals surface area contributed by atoms with Crippen molar-refractivity contribution in [3.63, 3.8) is 0 Å². The summed E-state index contributed by atoms with van der Waals surface area (Å²) in [5.74, 6) is 0. The van der Waals surface area contributed by atoms with E-state index in [2.05, 4.69) is 10.1 Å². The molecular formula is C13H12N4. The molecule has 0 spiro atoms. The molecule has 1 aromatic carbocycles. The van der Waals surface area contributed by atoms with Crippen molar-refractivity contribution in [2.24, 2.45) is 5.73 Å². The van der Waals surface area contributed by atoms with E-state index in [-0.39, 0.29) is 0 Å². The SMILES string of the molecule is NCc1cc(-n2ncc3ccccc32)ccn1. The number of fused-ring (bicyclic) bond motifs is 1. The summed E-state index contributed by atoms with van der Waals surface area (Å²) < 4.78 is 1.90. The van der Waals surface area contributed by atoms with Crippen LogP contribution in [0, 0.1) is 0 Å². The van der Waals surface area contributed by atoms with E-state index in [1.54, 1.807) is 6.20 Å². The highest BCUT2D eigenvalue weighted by atomic mass is 15.3. The standard InChI is InChI=1S/C13H12N4/c14-8-11-7-12(5-6-15-11)17-13-4-2-1-3-10(13)9-16-17/h1-7,9H,8,14H2. The predicted octanol–water partition coefficient (Wildman–Crippen LogP) is 1.88. The van der Waals surface area contributed by atoms with Gasteiger partial charge in [0.25, 0.3) is 0 Å². The first kappa shape index (κ1) is 9.99. The Bertz CT molecular complexity index is 657. The van der Waals surface area contributed by atoms with E-state index in [0.29, 0.717) is 6.54 Å².